The summed E-state index contributed by atoms with van der Waals surface area (Å²) in [6.45, 7) is 12.5. The van der Waals surface area contributed by atoms with E-state index >= 15 is 0 Å². The Labute approximate surface area is 197 Å². The van der Waals surface area contributed by atoms with Gasteiger partial charge < -0.3 is 14.8 Å². The predicted molar refractivity (Wildman–Crippen MR) is 131 cm³/mol. The van der Waals surface area contributed by atoms with Gasteiger partial charge in [-0.25, -0.2) is 4.79 Å². The fourth-order valence-electron chi connectivity index (χ4n) is 5.51. The number of hydrogen-bond acceptors (Lipinski definition) is 4. The molecule has 0 saturated carbocycles. The minimum Gasteiger partial charge on any atom is -0.493 e. The van der Waals surface area contributed by atoms with Gasteiger partial charge in [0.1, 0.15) is 11.9 Å². The molecule has 0 radical (unpaired) electrons. The first-order valence-corrected chi connectivity index (χ1v) is 12.3. The van der Waals surface area contributed by atoms with Gasteiger partial charge in [-0.3, -0.25) is 4.90 Å². The molecule has 6 rings (SSSR count). The van der Waals surface area contributed by atoms with Crippen molar-refractivity contribution in [2.45, 2.75) is 64.0 Å². The van der Waals surface area contributed by atoms with Gasteiger partial charge in [-0.05, 0) is 66.9 Å². The van der Waals surface area contributed by atoms with Crippen molar-refractivity contribution in [2.24, 2.45) is 5.92 Å². The van der Waals surface area contributed by atoms with Crippen molar-refractivity contribution in [1.82, 2.24) is 10.2 Å². The summed E-state index contributed by atoms with van der Waals surface area (Å²) in [5, 5.41) is 3.19. The molecule has 4 heterocycles. The van der Waals surface area contributed by atoms with E-state index < -0.39 is 5.54 Å². The Morgan fingerprint density at radius 3 is 2.58 bits per heavy atom. The Balaban J connectivity index is 1.34. The summed E-state index contributed by atoms with van der Waals surface area (Å²) in [5.74, 6) is 1.34. The largest absolute Gasteiger partial charge is 0.493 e. The third-order valence-corrected chi connectivity index (χ3v) is 7.73. The number of fused-ring (bicyclic) bond motifs is 4. The first-order chi connectivity index (χ1) is 15.7. The standard InChI is InChI=1S/C28H36N2O3/c1-27(2,3)22-7-5-6-20(16-22)21-8-9-23-24(17-21)32-15-12-28(23,4)29-26(31)33-25-18-30-13-10-19(25)11-14-30/h5-9,16-17,19,25H,10-15,18H2,1-4H3,(H,29,31)/t25-,28?/m1/s1. The lowest BCUT2D eigenvalue weighted by molar-refractivity contribution is -0.0358. The SMILES string of the molecule is CC(C)(C)c1cccc(-c2ccc3c(c2)OCCC3(C)NC(=O)O[C@@H]2CN3CCC2CC3)c1. The van der Waals surface area contributed by atoms with Crippen LogP contribution in [0.3, 0.4) is 0 Å². The van der Waals surface area contributed by atoms with Crippen LogP contribution in [0.25, 0.3) is 11.1 Å². The number of carbonyl (C=O) groups is 1. The second-order valence-corrected chi connectivity index (χ2v) is 11.2. The van der Waals surface area contributed by atoms with Crippen LogP contribution in [0.2, 0.25) is 0 Å². The van der Waals surface area contributed by atoms with Gasteiger partial charge in [-0.1, -0.05) is 57.2 Å². The fourth-order valence-corrected chi connectivity index (χ4v) is 5.51. The van der Waals surface area contributed by atoms with E-state index in [0.29, 0.717) is 18.9 Å². The highest BCUT2D eigenvalue weighted by Crippen LogP contribution is 2.40. The number of nitrogens with zero attached hydrogens (tertiary/aromatic N) is 1. The maximum Gasteiger partial charge on any atom is 0.408 e. The number of amides is 1. The van der Waals surface area contributed by atoms with Crippen LogP contribution < -0.4 is 10.1 Å². The maximum absolute atomic E-state index is 12.9. The van der Waals surface area contributed by atoms with Crippen LogP contribution in [0.4, 0.5) is 4.79 Å². The van der Waals surface area contributed by atoms with Gasteiger partial charge in [0, 0.05) is 18.5 Å². The molecule has 3 fully saturated rings. The Morgan fingerprint density at radius 1 is 1.12 bits per heavy atom. The molecule has 4 aliphatic rings. The molecule has 1 amide bonds. The quantitative estimate of drug-likeness (QED) is 0.677. The molecule has 3 saturated heterocycles. The molecule has 0 aliphatic carbocycles. The van der Waals surface area contributed by atoms with E-state index in [1.165, 1.54) is 11.1 Å². The molecule has 5 heteroatoms. The number of benzene rings is 2. The minimum absolute atomic E-state index is 0.00730. The summed E-state index contributed by atoms with van der Waals surface area (Å²) < 4.78 is 12.0. The van der Waals surface area contributed by atoms with Crippen molar-refractivity contribution < 1.29 is 14.3 Å². The third-order valence-electron chi connectivity index (χ3n) is 7.73. The predicted octanol–water partition coefficient (Wildman–Crippen LogP) is 5.47. The van der Waals surface area contributed by atoms with Crippen LogP contribution in [0.5, 0.6) is 5.75 Å². The van der Waals surface area contributed by atoms with Crippen molar-refractivity contribution in [2.75, 3.05) is 26.2 Å². The van der Waals surface area contributed by atoms with Crippen molar-refractivity contribution in [3.8, 4) is 16.9 Å². The third kappa shape index (κ3) is 4.48. The zero-order chi connectivity index (χ0) is 23.2. The molecule has 1 N–H and O–H groups in total. The van der Waals surface area contributed by atoms with Crippen LogP contribution in [-0.2, 0) is 15.7 Å². The molecule has 2 atom stereocenters. The van der Waals surface area contributed by atoms with E-state index in [4.69, 9.17) is 9.47 Å². The molecule has 2 aromatic carbocycles. The van der Waals surface area contributed by atoms with Gasteiger partial charge in [0.25, 0.3) is 0 Å². The first-order valence-electron chi connectivity index (χ1n) is 12.3. The summed E-state index contributed by atoms with van der Waals surface area (Å²) in [4.78, 5) is 15.3. The van der Waals surface area contributed by atoms with Crippen LogP contribution >= 0.6 is 0 Å². The van der Waals surface area contributed by atoms with Crippen molar-refractivity contribution in [3.63, 3.8) is 0 Å². The summed E-state index contributed by atoms with van der Waals surface area (Å²) >= 11 is 0. The van der Waals surface area contributed by atoms with E-state index in [-0.39, 0.29) is 17.6 Å². The highest BCUT2D eigenvalue weighted by Gasteiger charge is 2.39. The Kier molecular flexibility index (Phi) is 5.64. The van der Waals surface area contributed by atoms with E-state index in [1.54, 1.807) is 0 Å². The summed E-state index contributed by atoms with van der Waals surface area (Å²) in [6.07, 6.45) is 2.67. The molecule has 5 nitrogen and oxygen atoms in total. The van der Waals surface area contributed by atoms with Gasteiger partial charge >= 0.3 is 6.09 Å². The number of carbonyl (C=O) groups excluding carboxylic acids is 1. The molecule has 0 spiro atoms. The van der Waals surface area contributed by atoms with Crippen LogP contribution in [0.1, 0.15) is 58.1 Å². The van der Waals surface area contributed by atoms with E-state index in [2.05, 4.69) is 80.4 Å². The molecule has 1 unspecified atom stereocenters. The van der Waals surface area contributed by atoms with E-state index in [1.807, 2.05) is 0 Å². The summed E-state index contributed by atoms with van der Waals surface area (Å²) in [7, 11) is 0. The number of piperidine rings is 3. The van der Waals surface area contributed by atoms with Crippen molar-refractivity contribution in [3.05, 3.63) is 53.6 Å². The van der Waals surface area contributed by atoms with Crippen LogP contribution in [0, 0.1) is 5.92 Å². The van der Waals surface area contributed by atoms with Gasteiger partial charge in [-0.15, -0.1) is 0 Å². The number of nitrogens with one attached hydrogen (secondary N) is 1. The number of ether oxygens (including phenoxy) is 2. The zero-order valence-corrected chi connectivity index (χ0v) is 20.3. The van der Waals surface area contributed by atoms with E-state index in [9.17, 15) is 4.79 Å². The molecular weight excluding hydrogens is 412 g/mol. The molecule has 0 aromatic heterocycles. The number of hydrogen-bond donors (Lipinski definition) is 1. The maximum atomic E-state index is 12.9. The molecule has 2 bridgehead atoms. The fraction of sp³-hybridized carbons (Fsp3) is 0.536. The average Bonchev–Trinajstić information content (AvgIpc) is 2.79. The Hall–Kier alpha value is -2.53. The Bertz CT molecular complexity index is 1040. The zero-order valence-electron chi connectivity index (χ0n) is 20.3. The lowest BCUT2D eigenvalue weighted by Crippen LogP contribution is -2.54. The van der Waals surface area contributed by atoms with Crippen molar-refractivity contribution >= 4 is 6.09 Å². The normalized spacial score (nSPS) is 28.5. The molecule has 2 aromatic rings. The van der Waals surface area contributed by atoms with Gasteiger partial charge in [0.15, 0.2) is 0 Å². The highest BCUT2D eigenvalue weighted by atomic mass is 16.6. The number of alkyl carbamates (subject to hydrolysis) is 1. The van der Waals surface area contributed by atoms with E-state index in [0.717, 1.165) is 49.4 Å². The summed E-state index contributed by atoms with van der Waals surface area (Å²) in [6, 6.07) is 15.0. The van der Waals surface area contributed by atoms with Crippen molar-refractivity contribution in [1.29, 1.82) is 0 Å². The second-order valence-electron chi connectivity index (χ2n) is 11.2. The monoisotopic (exact) mass is 448 g/mol. The first kappa shape index (κ1) is 22.3. The lowest BCUT2D eigenvalue weighted by Gasteiger charge is -2.44. The van der Waals surface area contributed by atoms with Gasteiger partial charge in [0.05, 0.1) is 12.1 Å². The smallest absolute Gasteiger partial charge is 0.408 e. The van der Waals surface area contributed by atoms with Crippen LogP contribution in [-0.4, -0.2) is 43.3 Å². The molecule has 176 valence electrons. The second kappa shape index (κ2) is 8.35. The average molecular weight is 449 g/mol. The molecular formula is C28H36N2O3. The van der Waals surface area contributed by atoms with Gasteiger partial charge in [0.2, 0.25) is 0 Å². The number of rotatable bonds is 3. The topological polar surface area (TPSA) is 50.8 Å². The van der Waals surface area contributed by atoms with Gasteiger partial charge in [-0.2, -0.15) is 0 Å². The molecule has 33 heavy (non-hydrogen) atoms. The molecule has 4 aliphatic heterocycles. The minimum atomic E-state index is -0.510. The highest BCUT2D eigenvalue weighted by molar-refractivity contribution is 5.71. The summed E-state index contributed by atoms with van der Waals surface area (Å²) in [5.41, 5.74) is 4.20. The Morgan fingerprint density at radius 2 is 1.88 bits per heavy atom. The lowest BCUT2D eigenvalue weighted by atomic mass is 9.83. The van der Waals surface area contributed by atoms with Crippen LogP contribution in [0.15, 0.2) is 42.5 Å².